The van der Waals surface area contributed by atoms with Crippen molar-refractivity contribution in [2.24, 2.45) is 0 Å². The molecule has 6 heteroatoms. The Balaban J connectivity index is 1.67. The molecular formula is C19H15F2N3O. The molecule has 2 aromatic carbocycles. The number of benzene rings is 2. The number of halogens is 2. The van der Waals surface area contributed by atoms with Crippen LogP contribution in [0.15, 0.2) is 67.0 Å². The number of hydrogen-bond acceptors (Lipinski definition) is 2. The Morgan fingerprint density at radius 2 is 1.84 bits per heavy atom. The largest absolute Gasteiger partial charge is 0.334 e. The van der Waals surface area contributed by atoms with Crippen molar-refractivity contribution in [2.75, 3.05) is 5.32 Å². The van der Waals surface area contributed by atoms with Gasteiger partial charge in [0.1, 0.15) is 0 Å². The van der Waals surface area contributed by atoms with Crippen LogP contribution in [0, 0.1) is 11.6 Å². The van der Waals surface area contributed by atoms with Gasteiger partial charge < -0.3 is 10.6 Å². The molecule has 3 aromatic rings. The highest BCUT2D eigenvalue weighted by atomic mass is 19.2. The van der Waals surface area contributed by atoms with E-state index in [1.807, 2.05) is 36.4 Å². The minimum Gasteiger partial charge on any atom is -0.334 e. The number of urea groups is 1. The van der Waals surface area contributed by atoms with Gasteiger partial charge in [0, 0.05) is 36.3 Å². The maximum absolute atomic E-state index is 13.2. The summed E-state index contributed by atoms with van der Waals surface area (Å²) in [7, 11) is 0. The van der Waals surface area contributed by atoms with Crippen molar-refractivity contribution in [1.82, 2.24) is 10.3 Å². The molecule has 1 aromatic heterocycles. The Kier molecular flexibility index (Phi) is 4.99. The monoisotopic (exact) mass is 339 g/mol. The lowest BCUT2D eigenvalue weighted by atomic mass is 10.0. The topological polar surface area (TPSA) is 54.0 Å². The van der Waals surface area contributed by atoms with E-state index in [4.69, 9.17) is 0 Å². The standard InChI is InChI=1S/C19H15F2N3O/c20-17-8-7-15(10-18(17)21)24-19(25)23-12-14-4-1-2-6-16(14)13-5-3-9-22-11-13/h1-11H,12H2,(H2,23,24,25). The molecule has 0 aliphatic carbocycles. The number of nitrogens with zero attached hydrogens (tertiary/aromatic N) is 1. The van der Waals surface area contributed by atoms with E-state index in [0.717, 1.165) is 28.8 Å². The van der Waals surface area contributed by atoms with Crippen LogP contribution in [0.1, 0.15) is 5.56 Å². The first-order valence-corrected chi connectivity index (χ1v) is 7.61. The molecule has 0 spiro atoms. The zero-order valence-electron chi connectivity index (χ0n) is 13.2. The fraction of sp³-hybridized carbons (Fsp3) is 0.0526. The van der Waals surface area contributed by atoms with E-state index in [1.54, 1.807) is 12.4 Å². The summed E-state index contributed by atoms with van der Waals surface area (Å²) in [6.45, 7) is 0.278. The second-order valence-corrected chi connectivity index (χ2v) is 5.34. The molecule has 0 saturated heterocycles. The van der Waals surface area contributed by atoms with Crippen LogP contribution in [0.25, 0.3) is 11.1 Å². The number of pyridine rings is 1. The van der Waals surface area contributed by atoms with Crippen LogP contribution in [0.2, 0.25) is 0 Å². The van der Waals surface area contributed by atoms with Crippen LogP contribution in [-0.4, -0.2) is 11.0 Å². The second kappa shape index (κ2) is 7.53. The highest BCUT2D eigenvalue weighted by Crippen LogP contribution is 2.22. The average Bonchev–Trinajstić information content (AvgIpc) is 2.64. The maximum atomic E-state index is 13.2. The first kappa shape index (κ1) is 16.6. The van der Waals surface area contributed by atoms with Gasteiger partial charge in [-0.1, -0.05) is 30.3 Å². The molecule has 2 N–H and O–H groups in total. The Morgan fingerprint density at radius 1 is 1.00 bits per heavy atom. The lowest BCUT2D eigenvalue weighted by Gasteiger charge is -2.11. The first-order chi connectivity index (χ1) is 12.1. The third kappa shape index (κ3) is 4.17. The van der Waals surface area contributed by atoms with E-state index < -0.39 is 17.7 Å². The molecular weight excluding hydrogens is 324 g/mol. The summed E-state index contributed by atoms with van der Waals surface area (Å²) < 4.78 is 26.1. The van der Waals surface area contributed by atoms with Gasteiger partial charge in [0.25, 0.3) is 0 Å². The van der Waals surface area contributed by atoms with E-state index in [0.29, 0.717) is 0 Å². The molecule has 0 aliphatic rings. The van der Waals surface area contributed by atoms with Crippen LogP contribution < -0.4 is 10.6 Å². The molecule has 126 valence electrons. The smallest absolute Gasteiger partial charge is 0.319 e. The minimum atomic E-state index is -1.01. The van der Waals surface area contributed by atoms with Gasteiger partial charge in [0.2, 0.25) is 0 Å². The Labute approximate surface area is 143 Å². The van der Waals surface area contributed by atoms with Crippen LogP contribution >= 0.6 is 0 Å². The highest BCUT2D eigenvalue weighted by Gasteiger charge is 2.08. The third-order valence-electron chi connectivity index (χ3n) is 3.61. The number of carbonyl (C=O) groups excluding carboxylic acids is 1. The normalized spacial score (nSPS) is 10.3. The van der Waals surface area contributed by atoms with E-state index in [9.17, 15) is 13.6 Å². The molecule has 2 amide bonds. The average molecular weight is 339 g/mol. The van der Waals surface area contributed by atoms with E-state index >= 15 is 0 Å². The summed E-state index contributed by atoms with van der Waals surface area (Å²) in [6.07, 6.45) is 3.44. The SMILES string of the molecule is O=C(NCc1ccccc1-c1cccnc1)Nc1ccc(F)c(F)c1. The van der Waals surface area contributed by atoms with Gasteiger partial charge in [-0.2, -0.15) is 0 Å². The lowest BCUT2D eigenvalue weighted by molar-refractivity contribution is 0.251. The molecule has 25 heavy (non-hydrogen) atoms. The number of hydrogen-bond donors (Lipinski definition) is 2. The fourth-order valence-electron chi connectivity index (χ4n) is 2.40. The number of anilines is 1. The van der Waals surface area contributed by atoms with E-state index in [1.165, 1.54) is 6.07 Å². The maximum Gasteiger partial charge on any atom is 0.319 e. The van der Waals surface area contributed by atoms with Gasteiger partial charge in [-0.15, -0.1) is 0 Å². The Bertz CT molecular complexity index is 885. The second-order valence-electron chi connectivity index (χ2n) is 5.34. The number of rotatable bonds is 4. The lowest BCUT2D eigenvalue weighted by Crippen LogP contribution is -2.28. The summed E-state index contributed by atoms with van der Waals surface area (Å²) in [4.78, 5) is 16.1. The summed E-state index contributed by atoms with van der Waals surface area (Å²) in [5.41, 5.74) is 3.00. The summed E-state index contributed by atoms with van der Waals surface area (Å²) in [5.74, 6) is -1.98. The van der Waals surface area contributed by atoms with Crippen LogP contribution in [0.3, 0.4) is 0 Å². The Morgan fingerprint density at radius 3 is 2.60 bits per heavy atom. The zero-order valence-corrected chi connectivity index (χ0v) is 13.2. The number of carbonyl (C=O) groups is 1. The van der Waals surface area contributed by atoms with Crippen LogP contribution in [0.5, 0.6) is 0 Å². The molecule has 0 saturated carbocycles. The predicted octanol–water partition coefficient (Wildman–Crippen LogP) is 4.35. The van der Waals surface area contributed by atoms with E-state index in [2.05, 4.69) is 15.6 Å². The summed E-state index contributed by atoms with van der Waals surface area (Å²) in [5, 5.41) is 5.18. The van der Waals surface area contributed by atoms with E-state index in [-0.39, 0.29) is 12.2 Å². The van der Waals surface area contributed by atoms with Gasteiger partial charge in [0.15, 0.2) is 11.6 Å². The number of nitrogens with one attached hydrogen (secondary N) is 2. The molecule has 0 atom stereocenters. The Hall–Kier alpha value is -3.28. The molecule has 0 radical (unpaired) electrons. The summed E-state index contributed by atoms with van der Waals surface area (Å²) >= 11 is 0. The molecule has 0 aliphatic heterocycles. The van der Waals surface area contributed by atoms with Crippen molar-refractivity contribution in [3.05, 3.63) is 84.2 Å². The summed E-state index contributed by atoms with van der Waals surface area (Å²) in [6, 6.07) is 14.1. The van der Waals surface area contributed by atoms with Crippen molar-refractivity contribution in [3.63, 3.8) is 0 Å². The van der Waals surface area contributed by atoms with Gasteiger partial charge in [0.05, 0.1) is 0 Å². The van der Waals surface area contributed by atoms with Gasteiger partial charge in [-0.3, -0.25) is 4.98 Å². The molecule has 0 unspecified atom stereocenters. The van der Waals surface area contributed by atoms with Crippen LogP contribution in [-0.2, 0) is 6.54 Å². The predicted molar refractivity (Wildman–Crippen MR) is 91.9 cm³/mol. The van der Waals surface area contributed by atoms with Crippen molar-refractivity contribution < 1.29 is 13.6 Å². The fourth-order valence-corrected chi connectivity index (χ4v) is 2.40. The highest BCUT2D eigenvalue weighted by molar-refractivity contribution is 5.89. The van der Waals surface area contributed by atoms with Crippen molar-refractivity contribution in [2.45, 2.75) is 6.54 Å². The molecule has 4 nitrogen and oxygen atoms in total. The van der Waals surface area contributed by atoms with Crippen molar-refractivity contribution >= 4 is 11.7 Å². The number of amides is 2. The molecule has 3 rings (SSSR count). The van der Waals surface area contributed by atoms with Crippen molar-refractivity contribution in [1.29, 1.82) is 0 Å². The van der Waals surface area contributed by atoms with Gasteiger partial charge >= 0.3 is 6.03 Å². The van der Waals surface area contributed by atoms with Crippen molar-refractivity contribution in [3.8, 4) is 11.1 Å². The molecule has 1 heterocycles. The minimum absolute atomic E-state index is 0.178. The zero-order chi connectivity index (χ0) is 17.6. The first-order valence-electron chi connectivity index (χ1n) is 7.61. The number of aromatic nitrogens is 1. The quantitative estimate of drug-likeness (QED) is 0.742. The van der Waals surface area contributed by atoms with Crippen LogP contribution in [0.4, 0.5) is 19.3 Å². The molecule has 0 fully saturated rings. The molecule has 0 bridgehead atoms. The van der Waals surface area contributed by atoms with Gasteiger partial charge in [-0.25, -0.2) is 13.6 Å². The van der Waals surface area contributed by atoms with Gasteiger partial charge in [-0.05, 0) is 29.3 Å². The third-order valence-corrected chi connectivity index (χ3v) is 3.61.